The lowest BCUT2D eigenvalue weighted by atomic mass is 10.1. The van der Waals surface area contributed by atoms with E-state index in [1.54, 1.807) is 35.5 Å². The van der Waals surface area contributed by atoms with E-state index < -0.39 is 5.97 Å². The summed E-state index contributed by atoms with van der Waals surface area (Å²) in [6, 6.07) is 12.8. The number of ether oxygens (including phenoxy) is 1. The number of fused-ring (bicyclic) bond motifs is 2. The second kappa shape index (κ2) is 6.55. The summed E-state index contributed by atoms with van der Waals surface area (Å²) in [4.78, 5) is 34.9. The molecular formula is C20H17N3O3. The van der Waals surface area contributed by atoms with Crippen LogP contribution in [0.25, 0.3) is 11.0 Å². The largest absolute Gasteiger partial charge is 0.452 e. The van der Waals surface area contributed by atoms with Crippen molar-refractivity contribution in [1.82, 2.24) is 9.97 Å². The van der Waals surface area contributed by atoms with Crippen LogP contribution in [0.3, 0.4) is 0 Å². The van der Waals surface area contributed by atoms with E-state index in [1.165, 1.54) is 0 Å². The van der Waals surface area contributed by atoms with Crippen LogP contribution in [0, 0.1) is 0 Å². The lowest BCUT2D eigenvalue weighted by molar-refractivity contribution is -0.122. The lowest BCUT2D eigenvalue weighted by Gasteiger charge is -2.22. The molecule has 0 fully saturated rings. The SMILES string of the molecule is C[C@H]1Cc2ccccc2N1C(=O)COC(=O)c1ccc2nccnc2c1. The number of hydrogen-bond acceptors (Lipinski definition) is 5. The van der Waals surface area contributed by atoms with Gasteiger partial charge in [-0.25, -0.2) is 4.79 Å². The minimum absolute atomic E-state index is 0.0505. The molecule has 0 N–H and O–H groups in total. The van der Waals surface area contributed by atoms with Gasteiger partial charge in [-0.2, -0.15) is 0 Å². The first kappa shape index (κ1) is 16.2. The van der Waals surface area contributed by atoms with Gasteiger partial charge < -0.3 is 9.64 Å². The third-order valence-electron chi connectivity index (χ3n) is 4.51. The first-order valence-electron chi connectivity index (χ1n) is 8.41. The highest BCUT2D eigenvalue weighted by Crippen LogP contribution is 2.31. The molecule has 0 saturated heterocycles. The van der Waals surface area contributed by atoms with Gasteiger partial charge in [0.25, 0.3) is 5.91 Å². The minimum Gasteiger partial charge on any atom is -0.452 e. The van der Waals surface area contributed by atoms with Crippen LogP contribution in [-0.4, -0.2) is 34.5 Å². The van der Waals surface area contributed by atoms with Crippen molar-refractivity contribution in [2.45, 2.75) is 19.4 Å². The first-order chi connectivity index (χ1) is 12.6. The number of benzene rings is 2. The van der Waals surface area contributed by atoms with Crippen LogP contribution in [0.15, 0.2) is 54.9 Å². The van der Waals surface area contributed by atoms with Gasteiger partial charge in [0.2, 0.25) is 0 Å². The molecule has 3 aromatic rings. The number of aromatic nitrogens is 2. The van der Waals surface area contributed by atoms with Gasteiger partial charge >= 0.3 is 5.97 Å². The molecule has 4 rings (SSSR count). The van der Waals surface area contributed by atoms with Gasteiger partial charge in [-0.05, 0) is 43.2 Å². The molecule has 6 nitrogen and oxygen atoms in total. The zero-order valence-corrected chi connectivity index (χ0v) is 14.3. The number of para-hydroxylation sites is 1. The van der Waals surface area contributed by atoms with Gasteiger partial charge in [0.1, 0.15) is 0 Å². The highest BCUT2D eigenvalue weighted by molar-refractivity contribution is 5.99. The minimum atomic E-state index is -0.550. The smallest absolute Gasteiger partial charge is 0.338 e. The summed E-state index contributed by atoms with van der Waals surface area (Å²) in [7, 11) is 0. The normalized spacial score (nSPS) is 15.7. The average molecular weight is 347 g/mol. The second-order valence-corrected chi connectivity index (χ2v) is 6.28. The topological polar surface area (TPSA) is 72.4 Å². The first-order valence-corrected chi connectivity index (χ1v) is 8.41. The highest BCUT2D eigenvalue weighted by atomic mass is 16.5. The number of hydrogen-bond donors (Lipinski definition) is 0. The molecule has 0 unspecified atom stereocenters. The molecule has 0 radical (unpaired) electrons. The van der Waals surface area contributed by atoms with Crippen molar-refractivity contribution >= 4 is 28.6 Å². The van der Waals surface area contributed by atoms with Crippen LogP contribution in [-0.2, 0) is 16.0 Å². The van der Waals surface area contributed by atoms with Crippen LogP contribution in [0.2, 0.25) is 0 Å². The third kappa shape index (κ3) is 2.90. The monoisotopic (exact) mass is 347 g/mol. The van der Waals surface area contributed by atoms with Crippen LogP contribution >= 0.6 is 0 Å². The van der Waals surface area contributed by atoms with Gasteiger partial charge in [0.15, 0.2) is 6.61 Å². The molecular weight excluding hydrogens is 330 g/mol. The van der Waals surface area contributed by atoms with Gasteiger partial charge in [0, 0.05) is 24.1 Å². The number of anilines is 1. The maximum atomic E-state index is 12.6. The fourth-order valence-electron chi connectivity index (χ4n) is 3.32. The van der Waals surface area contributed by atoms with Crippen LogP contribution in [0.1, 0.15) is 22.8 Å². The van der Waals surface area contributed by atoms with Gasteiger partial charge in [-0.1, -0.05) is 18.2 Å². The van der Waals surface area contributed by atoms with E-state index in [9.17, 15) is 9.59 Å². The van der Waals surface area contributed by atoms with E-state index in [4.69, 9.17) is 4.74 Å². The van der Waals surface area contributed by atoms with Crippen LogP contribution < -0.4 is 4.90 Å². The van der Waals surface area contributed by atoms with Crippen molar-refractivity contribution in [3.63, 3.8) is 0 Å². The summed E-state index contributed by atoms with van der Waals surface area (Å²) in [5.41, 5.74) is 3.67. The van der Waals surface area contributed by atoms with Gasteiger partial charge in [0.05, 0.1) is 16.6 Å². The maximum absolute atomic E-state index is 12.6. The van der Waals surface area contributed by atoms with E-state index in [2.05, 4.69) is 9.97 Å². The van der Waals surface area contributed by atoms with E-state index in [-0.39, 0.29) is 18.6 Å². The molecule has 6 heteroatoms. The second-order valence-electron chi connectivity index (χ2n) is 6.28. The predicted octanol–water partition coefficient (Wildman–Crippen LogP) is 2.76. The van der Waals surface area contributed by atoms with Crippen molar-refractivity contribution in [3.8, 4) is 0 Å². The lowest BCUT2D eigenvalue weighted by Crippen LogP contribution is -2.38. The van der Waals surface area contributed by atoms with Gasteiger partial charge in [-0.15, -0.1) is 0 Å². The van der Waals surface area contributed by atoms with Crippen molar-refractivity contribution in [2.75, 3.05) is 11.5 Å². The Morgan fingerprint density at radius 1 is 1.12 bits per heavy atom. The van der Waals surface area contributed by atoms with Crippen LogP contribution in [0.4, 0.5) is 5.69 Å². The fraction of sp³-hybridized carbons (Fsp3) is 0.200. The average Bonchev–Trinajstić information content (AvgIpc) is 3.01. The summed E-state index contributed by atoms with van der Waals surface area (Å²) >= 11 is 0. The van der Waals surface area contributed by atoms with Gasteiger partial charge in [-0.3, -0.25) is 14.8 Å². The molecule has 26 heavy (non-hydrogen) atoms. The number of esters is 1. The molecule has 130 valence electrons. The standard InChI is InChI=1S/C20H17N3O3/c1-13-10-14-4-2-3-5-18(14)23(13)19(24)12-26-20(25)15-6-7-16-17(11-15)22-9-8-21-16/h2-9,11,13H,10,12H2,1H3/t13-/m0/s1. The molecule has 0 bridgehead atoms. The Morgan fingerprint density at radius 3 is 2.73 bits per heavy atom. The molecule has 2 heterocycles. The van der Waals surface area contributed by atoms with Crippen molar-refractivity contribution in [2.24, 2.45) is 0 Å². The van der Waals surface area contributed by atoms with Crippen molar-refractivity contribution in [1.29, 1.82) is 0 Å². The summed E-state index contributed by atoms with van der Waals surface area (Å²) in [5, 5.41) is 0. The Hall–Kier alpha value is -3.28. The molecule has 2 aromatic carbocycles. The zero-order chi connectivity index (χ0) is 18.1. The summed E-state index contributed by atoms with van der Waals surface area (Å²) in [6.45, 7) is 1.69. The Balaban J connectivity index is 1.46. The maximum Gasteiger partial charge on any atom is 0.338 e. The number of carbonyl (C=O) groups excluding carboxylic acids is 2. The quantitative estimate of drug-likeness (QED) is 0.681. The number of carbonyl (C=O) groups is 2. The molecule has 1 aliphatic rings. The molecule has 1 aromatic heterocycles. The zero-order valence-electron chi connectivity index (χ0n) is 14.3. The number of nitrogens with zero attached hydrogens (tertiary/aromatic N) is 3. The Kier molecular flexibility index (Phi) is 4.08. The summed E-state index contributed by atoms with van der Waals surface area (Å²) in [5.74, 6) is -0.776. The fourth-order valence-corrected chi connectivity index (χ4v) is 3.32. The Labute approximate surface area is 150 Å². The Bertz CT molecular complexity index is 1000. The molecule has 0 spiro atoms. The van der Waals surface area contributed by atoms with E-state index >= 15 is 0 Å². The Morgan fingerprint density at radius 2 is 1.88 bits per heavy atom. The van der Waals surface area contributed by atoms with E-state index in [0.29, 0.717) is 16.6 Å². The molecule has 1 amide bonds. The summed E-state index contributed by atoms with van der Waals surface area (Å²) in [6.07, 6.45) is 3.96. The predicted molar refractivity (Wildman–Crippen MR) is 96.9 cm³/mol. The molecule has 0 aliphatic carbocycles. The number of rotatable bonds is 3. The number of amides is 1. The van der Waals surface area contributed by atoms with E-state index in [0.717, 1.165) is 17.7 Å². The van der Waals surface area contributed by atoms with Crippen molar-refractivity contribution < 1.29 is 14.3 Å². The summed E-state index contributed by atoms with van der Waals surface area (Å²) < 4.78 is 5.24. The highest BCUT2D eigenvalue weighted by Gasteiger charge is 2.31. The van der Waals surface area contributed by atoms with E-state index in [1.807, 2.05) is 31.2 Å². The molecule has 1 atom stereocenters. The van der Waals surface area contributed by atoms with Crippen molar-refractivity contribution in [3.05, 3.63) is 66.0 Å². The third-order valence-corrected chi connectivity index (χ3v) is 4.51. The molecule has 0 saturated carbocycles. The van der Waals surface area contributed by atoms with Crippen LogP contribution in [0.5, 0.6) is 0 Å². The molecule has 1 aliphatic heterocycles.